The fraction of sp³-hybridized carbons (Fsp3) is 0.270. The predicted octanol–water partition coefficient (Wildman–Crippen LogP) is 4.35. The van der Waals surface area contributed by atoms with E-state index in [0.717, 1.165) is 32.7 Å². The molecule has 0 saturated heterocycles. The van der Waals surface area contributed by atoms with Gasteiger partial charge in [0, 0.05) is 13.1 Å². The minimum absolute atomic E-state index is 0.0216. The lowest BCUT2D eigenvalue weighted by molar-refractivity contribution is -0.144. The van der Waals surface area contributed by atoms with Gasteiger partial charge < -0.3 is 29.4 Å². The van der Waals surface area contributed by atoms with Crippen molar-refractivity contribution in [2.24, 2.45) is 0 Å². The van der Waals surface area contributed by atoms with Crippen molar-refractivity contribution >= 4 is 41.2 Å². The number of carbonyl (C=O) groups excluding carboxylic acids is 3. The molecule has 0 aliphatic carbocycles. The van der Waals surface area contributed by atoms with Crippen LogP contribution in [0.25, 0.3) is 11.2 Å². The summed E-state index contributed by atoms with van der Waals surface area (Å²) in [4.78, 5) is 74.7. The van der Waals surface area contributed by atoms with Gasteiger partial charge in [0.1, 0.15) is 13.1 Å². The van der Waals surface area contributed by atoms with Crippen molar-refractivity contribution in [2.75, 3.05) is 31.6 Å². The first-order valence-electron chi connectivity index (χ1n) is 16.6. The highest BCUT2D eigenvalue weighted by molar-refractivity contribution is 5.85. The van der Waals surface area contributed by atoms with Crippen molar-refractivity contribution in [3.05, 3.63) is 123 Å². The van der Waals surface area contributed by atoms with E-state index in [9.17, 15) is 29.1 Å². The van der Waals surface area contributed by atoms with Crippen LogP contribution >= 0.6 is 0 Å². The Hall–Kier alpha value is -6.51. The van der Waals surface area contributed by atoms with E-state index < -0.39 is 48.8 Å². The zero-order chi connectivity index (χ0) is 37.0. The third-order valence-corrected chi connectivity index (χ3v) is 8.00. The van der Waals surface area contributed by atoms with Gasteiger partial charge in [0.05, 0.1) is 12.9 Å². The number of ether oxygens (including phenoxy) is 2. The molecule has 0 atom stereocenters. The van der Waals surface area contributed by atoms with E-state index >= 15 is 0 Å². The van der Waals surface area contributed by atoms with Crippen molar-refractivity contribution in [3.8, 4) is 0 Å². The molecular weight excluding hydrogens is 670 g/mol. The molecule has 15 heteroatoms. The van der Waals surface area contributed by atoms with E-state index in [1.807, 2.05) is 92.7 Å². The number of rotatable bonds is 15. The van der Waals surface area contributed by atoms with Crippen LogP contribution in [0.2, 0.25) is 0 Å². The number of anilines is 1. The topological polar surface area (TPSA) is 198 Å². The molecule has 0 aliphatic heterocycles. The number of H-pyrrole nitrogens is 1. The van der Waals surface area contributed by atoms with Crippen molar-refractivity contribution in [3.63, 3.8) is 0 Å². The van der Waals surface area contributed by atoms with Crippen molar-refractivity contribution in [1.82, 2.24) is 29.7 Å². The number of benzene rings is 3. The molecule has 2 aromatic heterocycles. The Labute approximate surface area is 298 Å². The summed E-state index contributed by atoms with van der Waals surface area (Å²) in [5.74, 6) is -2.14. The van der Waals surface area contributed by atoms with Crippen LogP contribution in [0.3, 0.4) is 0 Å². The number of carboxylic acids is 1. The molecule has 5 rings (SSSR count). The zero-order valence-electron chi connectivity index (χ0n) is 28.7. The second kappa shape index (κ2) is 17.4. The number of carboxylic acid groups (broad SMARTS) is 1. The normalized spacial score (nSPS) is 10.9. The Balaban J connectivity index is 1.18. The summed E-state index contributed by atoms with van der Waals surface area (Å²) in [6.07, 6.45) is 0.211. The van der Waals surface area contributed by atoms with Gasteiger partial charge in [-0.3, -0.25) is 24.7 Å². The Bertz CT molecular complexity index is 2020. The van der Waals surface area contributed by atoms with Crippen molar-refractivity contribution in [1.29, 1.82) is 0 Å². The number of alkyl carbamates (subject to hydrolysis) is 1. The number of nitrogens with zero attached hydrogens (tertiary/aromatic N) is 4. The van der Waals surface area contributed by atoms with Crippen LogP contribution in [-0.2, 0) is 32.0 Å². The first-order chi connectivity index (χ1) is 25.0. The van der Waals surface area contributed by atoms with Gasteiger partial charge in [0.2, 0.25) is 11.9 Å². The van der Waals surface area contributed by atoms with Crippen LogP contribution in [-0.4, -0.2) is 79.8 Å². The molecule has 0 radical (unpaired) electrons. The van der Waals surface area contributed by atoms with Gasteiger partial charge in [0.15, 0.2) is 17.3 Å². The smallest absolute Gasteiger partial charge is 0.413 e. The SMILES string of the molecule is Cc1ccc(C(OC(=O)NCCN(CC(=O)O)C(=O)Cn2cnc3c(=O)[nH]c(NC(=O)OCCCc4ccccc4)nc32)c2ccc(C)cc2)cc1. The van der Waals surface area contributed by atoms with E-state index in [1.54, 1.807) is 0 Å². The quantitative estimate of drug-likeness (QED) is 0.113. The lowest BCUT2D eigenvalue weighted by atomic mass is 9.99. The number of aromatic amines is 1. The molecule has 15 nitrogen and oxygen atoms in total. The molecule has 2 heterocycles. The number of amides is 3. The van der Waals surface area contributed by atoms with Gasteiger partial charge in [-0.15, -0.1) is 0 Å². The lowest BCUT2D eigenvalue weighted by Crippen LogP contribution is -2.43. The summed E-state index contributed by atoms with van der Waals surface area (Å²) in [5, 5.41) is 14.5. The van der Waals surface area contributed by atoms with E-state index in [1.165, 1.54) is 10.9 Å². The van der Waals surface area contributed by atoms with Gasteiger partial charge in [-0.1, -0.05) is 90.0 Å². The average molecular weight is 710 g/mol. The molecule has 0 saturated carbocycles. The maximum Gasteiger partial charge on any atom is 0.413 e. The van der Waals surface area contributed by atoms with Crippen molar-refractivity contribution in [2.45, 2.75) is 39.3 Å². The molecule has 4 N–H and O–H groups in total. The molecular formula is C37H39N7O8. The summed E-state index contributed by atoms with van der Waals surface area (Å²) in [7, 11) is 0. The second-order valence-electron chi connectivity index (χ2n) is 12.1. The summed E-state index contributed by atoms with van der Waals surface area (Å²) in [6.45, 7) is 2.67. The van der Waals surface area contributed by atoms with Gasteiger partial charge >= 0.3 is 18.2 Å². The minimum atomic E-state index is -1.27. The minimum Gasteiger partial charge on any atom is -0.480 e. The van der Waals surface area contributed by atoms with Crippen LogP contribution in [0.1, 0.15) is 40.3 Å². The largest absolute Gasteiger partial charge is 0.480 e. The molecule has 3 aromatic carbocycles. The number of carbonyl (C=O) groups is 4. The number of imidazole rings is 1. The first-order valence-corrected chi connectivity index (χ1v) is 16.6. The molecule has 0 aliphatic rings. The summed E-state index contributed by atoms with van der Waals surface area (Å²) < 4.78 is 12.3. The van der Waals surface area contributed by atoms with Crippen LogP contribution in [0.4, 0.5) is 15.5 Å². The highest BCUT2D eigenvalue weighted by atomic mass is 16.6. The Morgan fingerprint density at radius 3 is 2.21 bits per heavy atom. The zero-order valence-corrected chi connectivity index (χ0v) is 28.7. The fourth-order valence-corrected chi connectivity index (χ4v) is 5.30. The van der Waals surface area contributed by atoms with Crippen LogP contribution in [0.5, 0.6) is 0 Å². The fourth-order valence-electron chi connectivity index (χ4n) is 5.30. The van der Waals surface area contributed by atoms with E-state index in [0.29, 0.717) is 12.8 Å². The number of nitrogens with one attached hydrogen (secondary N) is 3. The molecule has 0 bridgehead atoms. The first kappa shape index (κ1) is 36.8. The number of aryl methyl sites for hydroxylation is 3. The molecule has 0 spiro atoms. The van der Waals surface area contributed by atoms with Crippen LogP contribution in [0, 0.1) is 13.8 Å². The van der Waals surface area contributed by atoms with Gasteiger partial charge in [0.25, 0.3) is 5.56 Å². The molecule has 0 unspecified atom stereocenters. The number of aliphatic carboxylic acids is 1. The molecule has 3 amide bonds. The maximum absolute atomic E-state index is 13.3. The standard InChI is InChI=1S/C37H39N7O8/c1-24-10-14-27(15-11-24)32(28-16-12-25(2)13-17-28)52-36(49)38-18-19-43(22-30(46)47)29(45)21-44-23-39-31-33(44)40-35(41-34(31)48)42-37(50)51-20-6-9-26-7-4-3-5-8-26/h3-5,7-8,10-17,23,32H,6,9,18-22H2,1-2H3,(H,38,49)(H,46,47)(H2,40,41,42,48,50). The van der Waals surface area contributed by atoms with Gasteiger partial charge in [-0.05, 0) is 43.4 Å². The number of aromatic nitrogens is 4. The predicted molar refractivity (Wildman–Crippen MR) is 191 cm³/mol. The third-order valence-electron chi connectivity index (χ3n) is 8.00. The Kier molecular flexibility index (Phi) is 12.3. The Morgan fingerprint density at radius 2 is 1.58 bits per heavy atom. The summed E-state index contributed by atoms with van der Waals surface area (Å²) in [6, 6.07) is 24.9. The van der Waals surface area contributed by atoms with Gasteiger partial charge in [-0.25, -0.2) is 14.6 Å². The van der Waals surface area contributed by atoms with E-state index in [-0.39, 0.29) is 36.8 Å². The van der Waals surface area contributed by atoms with Crippen molar-refractivity contribution < 1.29 is 33.8 Å². The number of hydrogen-bond acceptors (Lipinski definition) is 9. The summed E-state index contributed by atoms with van der Waals surface area (Å²) >= 11 is 0. The highest BCUT2D eigenvalue weighted by Crippen LogP contribution is 2.27. The highest BCUT2D eigenvalue weighted by Gasteiger charge is 2.22. The third kappa shape index (κ3) is 10.3. The number of hydrogen-bond donors (Lipinski definition) is 4. The molecule has 0 fully saturated rings. The van der Waals surface area contributed by atoms with E-state index in [2.05, 4.69) is 25.6 Å². The lowest BCUT2D eigenvalue weighted by Gasteiger charge is -2.22. The Morgan fingerprint density at radius 1 is 0.923 bits per heavy atom. The van der Waals surface area contributed by atoms with Crippen LogP contribution in [0.15, 0.2) is 90.0 Å². The molecule has 52 heavy (non-hydrogen) atoms. The average Bonchev–Trinajstić information content (AvgIpc) is 3.52. The monoisotopic (exact) mass is 709 g/mol. The number of fused-ring (bicyclic) bond motifs is 1. The van der Waals surface area contributed by atoms with E-state index in [4.69, 9.17) is 9.47 Å². The second-order valence-corrected chi connectivity index (χ2v) is 12.1. The molecule has 270 valence electrons. The molecule has 5 aromatic rings. The maximum atomic E-state index is 13.3. The van der Waals surface area contributed by atoms with Gasteiger partial charge in [-0.2, -0.15) is 4.98 Å². The summed E-state index contributed by atoms with van der Waals surface area (Å²) in [5.41, 5.74) is 3.94. The van der Waals surface area contributed by atoms with Crippen LogP contribution < -0.4 is 16.2 Å².